The van der Waals surface area contributed by atoms with E-state index in [1.54, 1.807) is 18.0 Å². The summed E-state index contributed by atoms with van der Waals surface area (Å²) in [5, 5.41) is 0. The van der Waals surface area contributed by atoms with Crippen molar-refractivity contribution >= 4 is 23.5 Å². The van der Waals surface area contributed by atoms with E-state index in [4.69, 9.17) is 0 Å². The van der Waals surface area contributed by atoms with Gasteiger partial charge in [0, 0.05) is 32.4 Å². The van der Waals surface area contributed by atoms with Crippen LogP contribution in [0.25, 0.3) is 0 Å². The lowest BCUT2D eigenvalue weighted by Crippen LogP contribution is -2.49. The topological polar surface area (TPSA) is 36.4 Å². The molecule has 0 atom stereocenters. The SMILES string of the molecule is CSCC(=O)N1CCN(c2ccccn2)CC1. The summed E-state index contributed by atoms with van der Waals surface area (Å²) in [6.45, 7) is 3.35. The predicted molar refractivity (Wildman–Crippen MR) is 71.4 cm³/mol. The van der Waals surface area contributed by atoms with Crippen molar-refractivity contribution in [2.45, 2.75) is 0 Å². The van der Waals surface area contributed by atoms with Gasteiger partial charge in [0.1, 0.15) is 5.82 Å². The van der Waals surface area contributed by atoms with Gasteiger partial charge in [-0.15, -0.1) is 0 Å². The van der Waals surface area contributed by atoms with Crippen LogP contribution in [0.4, 0.5) is 5.82 Å². The molecule has 2 rings (SSSR count). The first-order valence-corrected chi connectivity index (χ1v) is 7.13. The number of hydrogen-bond donors (Lipinski definition) is 0. The number of pyridine rings is 1. The highest BCUT2D eigenvalue weighted by Gasteiger charge is 2.20. The van der Waals surface area contributed by atoms with Crippen molar-refractivity contribution in [3.63, 3.8) is 0 Å². The molecule has 5 heteroatoms. The molecular formula is C12H17N3OS. The molecule has 2 heterocycles. The molecule has 92 valence electrons. The summed E-state index contributed by atoms with van der Waals surface area (Å²) >= 11 is 1.58. The van der Waals surface area contributed by atoms with E-state index in [9.17, 15) is 4.79 Å². The van der Waals surface area contributed by atoms with Crippen LogP contribution in [0.2, 0.25) is 0 Å². The zero-order valence-corrected chi connectivity index (χ0v) is 10.8. The Balaban J connectivity index is 1.88. The fourth-order valence-corrected chi connectivity index (χ4v) is 2.37. The van der Waals surface area contributed by atoms with Crippen molar-refractivity contribution in [1.82, 2.24) is 9.88 Å². The summed E-state index contributed by atoms with van der Waals surface area (Å²) in [6.07, 6.45) is 3.77. The first-order chi connectivity index (χ1) is 8.31. The van der Waals surface area contributed by atoms with Crippen molar-refractivity contribution in [3.05, 3.63) is 24.4 Å². The molecule has 1 saturated heterocycles. The van der Waals surface area contributed by atoms with Gasteiger partial charge in [-0.25, -0.2) is 4.98 Å². The molecule has 1 fully saturated rings. The molecule has 1 aromatic heterocycles. The Morgan fingerprint density at radius 2 is 2.12 bits per heavy atom. The average Bonchev–Trinajstić information content (AvgIpc) is 2.40. The van der Waals surface area contributed by atoms with Gasteiger partial charge in [-0.3, -0.25) is 4.79 Å². The second-order valence-corrected chi connectivity index (χ2v) is 4.85. The van der Waals surface area contributed by atoms with Crippen molar-refractivity contribution in [3.8, 4) is 0 Å². The number of nitrogens with zero attached hydrogens (tertiary/aromatic N) is 3. The number of aromatic nitrogens is 1. The van der Waals surface area contributed by atoms with E-state index in [1.165, 1.54) is 0 Å². The highest BCUT2D eigenvalue weighted by atomic mass is 32.2. The molecule has 0 aliphatic carbocycles. The van der Waals surface area contributed by atoms with Crippen molar-refractivity contribution < 1.29 is 4.79 Å². The van der Waals surface area contributed by atoms with Crippen molar-refractivity contribution in [2.24, 2.45) is 0 Å². The standard InChI is InChI=1S/C12H17N3OS/c1-17-10-12(16)15-8-6-14(7-9-15)11-4-2-3-5-13-11/h2-5H,6-10H2,1H3. The Labute approximate surface area is 106 Å². The lowest BCUT2D eigenvalue weighted by atomic mass is 10.3. The van der Waals surface area contributed by atoms with E-state index >= 15 is 0 Å². The largest absolute Gasteiger partial charge is 0.353 e. The maximum Gasteiger partial charge on any atom is 0.232 e. The van der Waals surface area contributed by atoms with E-state index in [2.05, 4.69) is 9.88 Å². The third kappa shape index (κ3) is 3.12. The molecule has 0 bridgehead atoms. The number of hydrogen-bond acceptors (Lipinski definition) is 4. The molecule has 1 aromatic rings. The Hall–Kier alpha value is -1.23. The second kappa shape index (κ2) is 5.91. The number of rotatable bonds is 3. The minimum absolute atomic E-state index is 0.248. The molecule has 0 N–H and O–H groups in total. The smallest absolute Gasteiger partial charge is 0.232 e. The summed E-state index contributed by atoms with van der Waals surface area (Å²) in [7, 11) is 0. The van der Waals surface area contributed by atoms with Gasteiger partial charge in [0.25, 0.3) is 0 Å². The van der Waals surface area contributed by atoms with E-state index in [-0.39, 0.29) is 5.91 Å². The number of amides is 1. The minimum atomic E-state index is 0.248. The zero-order valence-electron chi connectivity index (χ0n) is 10.0. The quantitative estimate of drug-likeness (QED) is 0.806. The second-order valence-electron chi connectivity index (χ2n) is 3.99. The van der Waals surface area contributed by atoms with Crippen LogP contribution < -0.4 is 4.90 Å². The molecule has 4 nitrogen and oxygen atoms in total. The number of carbonyl (C=O) groups is 1. The van der Waals surface area contributed by atoms with E-state index in [0.717, 1.165) is 32.0 Å². The molecule has 0 aromatic carbocycles. The van der Waals surface area contributed by atoms with Gasteiger partial charge >= 0.3 is 0 Å². The van der Waals surface area contributed by atoms with Crippen LogP contribution in [0.15, 0.2) is 24.4 Å². The van der Waals surface area contributed by atoms with Crippen LogP contribution in [0.5, 0.6) is 0 Å². The summed E-state index contributed by atoms with van der Waals surface area (Å²) < 4.78 is 0. The van der Waals surface area contributed by atoms with E-state index in [0.29, 0.717) is 5.75 Å². The lowest BCUT2D eigenvalue weighted by molar-refractivity contribution is -0.128. The van der Waals surface area contributed by atoms with Crippen molar-refractivity contribution in [2.75, 3.05) is 43.1 Å². The Bertz CT molecular complexity index is 363. The van der Waals surface area contributed by atoms with Crippen LogP contribution in [-0.4, -0.2) is 54.0 Å². The van der Waals surface area contributed by atoms with Gasteiger partial charge in [0.2, 0.25) is 5.91 Å². The van der Waals surface area contributed by atoms with Crippen molar-refractivity contribution in [1.29, 1.82) is 0 Å². The predicted octanol–water partition coefficient (Wildman–Crippen LogP) is 1.09. The molecule has 1 amide bonds. The molecular weight excluding hydrogens is 234 g/mol. The molecule has 0 unspecified atom stereocenters. The van der Waals surface area contributed by atoms with Gasteiger partial charge in [0.05, 0.1) is 5.75 Å². The van der Waals surface area contributed by atoms with Gasteiger partial charge in [-0.05, 0) is 18.4 Å². The molecule has 0 saturated carbocycles. The number of piperazine rings is 1. The summed E-state index contributed by atoms with van der Waals surface area (Å²) in [5.74, 6) is 1.84. The summed E-state index contributed by atoms with van der Waals surface area (Å²) in [5.41, 5.74) is 0. The average molecular weight is 251 g/mol. The molecule has 1 aliphatic rings. The highest BCUT2D eigenvalue weighted by Crippen LogP contribution is 2.12. The van der Waals surface area contributed by atoms with Crippen LogP contribution in [-0.2, 0) is 4.79 Å². The van der Waals surface area contributed by atoms with Gasteiger partial charge < -0.3 is 9.80 Å². The molecule has 0 spiro atoms. The van der Waals surface area contributed by atoms with Crippen LogP contribution in [0.3, 0.4) is 0 Å². The van der Waals surface area contributed by atoms with Crippen LogP contribution in [0.1, 0.15) is 0 Å². The first kappa shape index (κ1) is 12.2. The van der Waals surface area contributed by atoms with Gasteiger partial charge in [-0.2, -0.15) is 11.8 Å². The Kier molecular flexibility index (Phi) is 4.25. The van der Waals surface area contributed by atoms with E-state index < -0.39 is 0 Å². The normalized spacial score (nSPS) is 16.1. The maximum atomic E-state index is 11.7. The highest BCUT2D eigenvalue weighted by molar-refractivity contribution is 7.99. The lowest BCUT2D eigenvalue weighted by Gasteiger charge is -2.35. The molecule has 1 aliphatic heterocycles. The third-order valence-electron chi connectivity index (χ3n) is 2.87. The van der Waals surface area contributed by atoms with Crippen LogP contribution in [0, 0.1) is 0 Å². The van der Waals surface area contributed by atoms with Gasteiger partial charge in [0.15, 0.2) is 0 Å². The monoisotopic (exact) mass is 251 g/mol. The molecule has 17 heavy (non-hydrogen) atoms. The number of carbonyl (C=O) groups excluding carboxylic acids is 1. The van der Waals surface area contributed by atoms with E-state index in [1.807, 2.05) is 29.4 Å². The fourth-order valence-electron chi connectivity index (χ4n) is 1.94. The maximum absolute atomic E-state index is 11.7. The first-order valence-electron chi connectivity index (χ1n) is 5.74. The van der Waals surface area contributed by atoms with Gasteiger partial charge in [-0.1, -0.05) is 6.07 Å². The summed E-state index contributed by atoms with van der Waals surface area (Å²) in [4.78, 5) is 20.2. The minimum Gasteiger partial charge on any atom is -0.353 e. The fraction of sp³-hybridized carbons (Fsp3) is 0.500. The zero-order chi connectivity index (χ0) is 12.1. The number of thioether (sulfide) groups is 1. The number of anilines is 1. The third-order valence-corrected chi connectivity index (χ3v) is 3.41. The summed E-state index contributed by atoms with van der Waals surface area (Å²) in [6, 6.07) is 5.93. The Morgan fingerprint density at radius 1 is 1.35 bits per heavy atom. The molecule has 0 radical (unpaired) electrons. The van der Waals surface area contributed by atoms with Crippen LogP contribution >= 0.6 is 11.8 Å². The Morgan fingerprint density at radius 3 is 2.71 bits per heavy atom.